The van der Waals surface area contributed by atoms with Gasteiger partial charge in [0.2, 0.25) is 0 Å². The minimum absolute atomic E-state index is 0.179. The molecule has 58 heavy (non-hydrogen) atoms. The third-order valence-electron chi connectivity index (χ3n) is 9.20. The highest BCUT2D eigenvalue weighted by atomic mass is 16.7. The third kappa shape index (κ3) is 40.9. The second kappa shape index (κ2) is 40.5. The number of quaternary nitrogens is 1. The summed E-state index contributed by atoms with van der Waals surface area (Å²) in [7, 11) is 5.94. The highest BCUT2D eigenvalue weighted by Gasteiger charge is 2.25. The van der Waals surface area contributed by atoms with Crippen LogP contribution in [0, 0.1) is 0 Å². The summed E-state index contributed by atoms with van der Waals surface area (Å²) < 4.78 is 22.7. The average Bonchev–Trinajstić information content (AvgIpc) is 3.18. The van der Waals surface area contributed by atoms with Gasteiger partial charge in [0.05, 0.1) is 34.4 Å². The lowest BCUT2D eigenvalue weighted by atomic mass is 10.1. The summed E-state index contributed by atoms with van der Waals surface area (Å²) in [6.07, 6.45) is 46.7. The van der Waals surface area contributed by atoms with Crippen LogP contribution in [0.4, 0.5) is 0 Å². The van der Waals surface area contributed by atoms with E-state index in [0.29, 0.717) is 17.4 Å². The number of carbonyl (C=O) groups excluding carboxylic acids is 2. The van der Waals surface area contributed by atoms with Crippen LogP contribution in [0.3, 0.4) is 0 Å². The molecule has 9 nitrogen and oxygen atoms in total. The molecule has 0 aliphatic rings. The van der Waals surface area contributed by atoms with E-state index in [2.05, 4.69) is 86.8 Å². The first-order valence-electron chi connectivity index (χ1n) is 22.6. The molecule has 0 aromatic rings. The molecule has 0 radical (unpaired) electrons. The van der Waals surface area contributed by atoms with Crippen LogP contribution in [-0.4, -0.2) is 87.4 Å². The topological polar surface area (TPSA) is 108 Å². The molecule has 1 N–H and O–H groups in total. The van der Waals surface area contributed by atoms with Gasteiger partial charge in [0.1, 0.15) is 13.2 Å². The number of unbranched alkanes of at least 4 members (excludes halogenated alkanes) is 13. The third-order valence-corrected chi connectivity index (χ3v) is 9.20. The first kappa shape index (κ1) is 54.7. The fourth-order valence-corrected chi connectivity index (χ4v) is 5.68. The maximum atomic E-state index is 12.8. The summed E-state index contributed by atoms with van der Waals surface area (Å²) in [4.78, 5) is 37.1. The Hall–Kier alpha value is -3.27. The molecule has 0 rings (SSSR count). The highest BCUT2D eigenvalue weighted by molar-refractivity contribution is 5.71. The molecule has 0 spiro atoms. The van der Waals surface area contributed by atoms with Crippen molar-refractivity contribution in [3.8, 4) is 0 Å². The molecule has 2 atom stereocenters. The minimum atomic E-state index is -1.52. The Morgan fingerprint density at radius 1 is 0.534 bits per heavy atom. The maximum absolute atomic E-state index is 12.8. The van der Waals surface area contributed by atoms with Gasteiger partial charge in [-0.3, -0.25) is 9.59 Å². The molecule has 332 valence electrons. The van der Waals surface area contributed by atoms with E-state index in [1.165, 1.54) is 25.7 Å². The van der Waals surface area contributed by atoms with Crippen LogP contribution < -0.4 is 0 Å². The summed E-state index contributed by atoms with van der Waals surface area (Å²) in [6, 6.07) is 0. The molecule has 0 heterocycles. The van der Waals surface area contributed by atoms with Crippen molar-refractivity contribution in [1.29, 1.82) is 0 Å². The number of allylic oxidation sites excluding steroid dienone is 12. The van der Waals surface area contributed by atoms with Crippen LogP contribution in [0.5, 0.6) is 0 Å². The van der Waals surface area contributed by atoms with Crippen molar-refractivity contribution >= 4 is 17.9 Å². The van der Waals surface area contributed by atoms with Gasteiger partial charge in [-0.1, -0.05) is 138 Å². The van der Waals surface area contributed by atoms with E-state index in [9.17, 15) is 19.5 Å². The Bertz CT molecular complexity index is 1180. The van der Waals surface area contributed by atoms with Gasteiger partial charge in [0.15, 0.2) is 6.10 Å². The first-order chi connectivity index (χ1) is 28.1. The standard InChI is InChI=1S/C49H83NO8/c1-6-8-10-12-14-16-18-20-21-22-23-24-25-26-27-28-30-32-34-36-38-40-47(52)58-45(44-57-49(48(53)54)55-42-41-50(3,4)5)43-56-46(51)39-37-35-33-31-29-19-17-15-13-11-9-7-2/h8,10,14-17,20-21,23-24,26-27,45,49H,6-7,9,11-13,18-19,22,25,28-44H2,1-5H3/p+1/b10-8-,16-14-,17-15-,21-20-,24-23-,27-26-. The highest BCUT2D eigenvalue weighted by Crippen LogP contribution is 2.12. The summed E-state index contributed by atoms with van der Waals surface area (Å²) in [5.74, 6) is -2.06. The number of aliphatic carboxylic acids is 1. The molecule has 0 aliphatic heterocycles. The van der Waals surface area contributed by atoms with Crippen LogP contribution >= 0.6 is 0 Å². The number of nitrogens with zero attached hydrogens (tertiary/aromatic N) is 1. The van der Waals surface area contributed by atoms with E-state index in [1.807, 2.05) is 21.1 Å². The Morgan fingerprint density at radius 3 is 1.48 bits per heavy atom. The zero-order valence-corrected chi connectivity index (χ0v) is 37.4. The number of ether oxygens (including phenoxy) is 4. The quantitative estimate of drug-likeness (QED) is 0.0214. The van der Waals surface area contributed by atoms with E-state index < -0.39 is 24.3 Å². The van der Waals surface area contributed by atoms with Crippen molar-refractivity contribution in [2.45, 2.75) is 174 Å². The zero-order chi connectivity index (χ0) is 42.8. The van der Waals surface area contributed by atoms with E-state index in [4.69, 9.17) is 18.9 Å². The van der Waals surface area contributed by atoms with Crippen LogP contribution in [0.1, 0.15) is 162 Å². The Morgan fingerprint density at radius 2 is 0.983 bits per heavy atom. The predicted molar refractivity (Wildman–Crippen MR) is 239 cm³/mol. The van der Waals surface area contributed by atoms with Gasteiger partial charge in [-0.05, 0) is 83.5 Å². The van der Waals surface area contributed by atoms with Crippen molar-refractivity contribution in [3.05, 3.63) is 72.9 Å². The molecule has 0 saturated carbocycles. The molecule has 0 amide bonds. The predicted octanol–water partition coefficient (Wildman–Crippen LogP) is 11.9. The van der Waals surface area contributed by atoms with E-state index in [0.717, 1.165) is 103 Å². The molecule has 9 heteroatoms. The number of rotatable bonds is 40. The van der Waals surface area contributed by atoms with Crippen LogP contribution in [0.25, 0.3) is 0 Å². The number of carbonyl (C=O) groups is 3. The molecule has 0 aromatic carbocycles. The van der Waals surface area contributed by atoms with Gasteiger partial charge >= 0.3 is 17.9 Å². The second-order valence-corrected chi connectivity index (χ2v) is 16.0. The number of esters is 2. The molecule has 0 aromatic heterocycles. The van der Waals surface area contributed by atoms with Crippen molar-refractivity contribution in [2.24, 2.45) is 0 Å². The lowest BCUT2D eigenvalue weighted by molar-refractivity contribution is -0.870. The van der Waals surface area contributed by atoms with Gasteiger partial charge in [-0.25, -0.2) is 4.79 Å². The smallest absolute Gasteiger partial charge is 0.361 e. The van der Waals surface area contributed by atoms with Crippen molar-refractivity contribution in [2.75, 3.05) is 47.5 Å². The fourth-order valence-electron chi connectivity index (χ4n) is 5.68. The monoisotopic (exact) mass is 815 g/mol. The van der Waals surface area contributed by atoms with Crippen LogP contribution in [-0.2, 0) is 33.3 Å². The molecular formula is C49H84NO8+. The molecule has 0 aliphatic carbocycles. The molecule has 0 fully saturated rings. The molecular weight excluding hydrogens is 731 g/mol. The zero-order valence-electron chi connectivity index (χ0n) is 37.4. The second-order valence-electron chi connectivity index (χ2n) is 16.0. The van der Waals surface area contributed by atoms with Crippen LogP contribution in [0.2, 0.25) is 0 Å². The van der Waals surface area contributed by atoms with Crippen molar-refractivity contribution < 1.29 is 42.9 Å². The van der Waals surface area contributed by atoms with Gasteiger partial charge < -0.3 is 28.5 Å². The molecule has 0 bridgehead atoms. The minimum Gasteiger partial charge on any atom is -0.477 e. The SMILES string of the molecule is CC/C=C\C/C=C\C/C=C\C/C=C\C/C=C\CCCCCCCC(=O)OC(COC(=O)CCCCCCC/C=C\CCCCC)COC(OCC[N+](C)(C)C)C(=O)O. The summed E-state index contributed by atoms with van der Waals surface area (Å²) in [6.45, 7) is 4.67. The summed E-state index contributed by atoms with van der Waals surface area (Å²) in [5.41, 5.74) is 0. The number of carboxylic acid groups (broad SMARTS) is 1. The van der Waals surface area contributed by atoms with E-state index in [1.54, 1.807) is 0 Å². The Balaban J connectivity index is 4.48. The van der Waals surface area contributed by atoms with Gasteiger partial charge in [0.25, 0.3) is 6.29 Å². The molecule has 0 saturated heterocycles. The normalized spacial score (nSPS) is 13.6. The van der Waals surface area contributed by atoms with Crippen LogP contribution in [0.15, 0.2) is 72.9 Å². The lowest BCUT2D eigenvalue weighted by Gasteiger charge is -2.25. The Labute approximate surface area is 354 Å². The molecule has 2 unspecified atom stereocenters. The largest absolute Gasteiger partial charge is 0.477 e. The number of carboxylic acids is 1. The lowest BCUT2D eigenvalue weighted by Crippen LogP contribution is -2.40. The Kier molecular flexibility index (Phi) is 38.2. The van der Waals surface area contributed by atoms with Crippen molar-refractivity contribution in [3.63, 3.8) is 0 Å². The van der Waals surface area contributed by atoms with Crippen molar-refractivity contribution in [1.82, 2.24) is 0 Å². The van der Waals surface area contributed by atoms with E-state index >= 15 is 0 Å². The maximum Gasteiger partial charge on any atom is 0.361 e. The first-order valence-corrected chi connectivity index (χ1v) is 22.6. The number of likely N-dealkylation sites (N-methyl/N-ethyl adjacent to an activating group) is 1. The van der Waals surface area contributed by atoms with E-state index in [-0.39, 0.29) is 38.6 Å². The van der Waals surface area contributed by atoms with Gasteiger partial charge in [-0.15, -0.1) is 0 Å². The average molecular weight is 815 g/mol. The number of hydrogen-bond donors (Lipinski definition) is 1. The van der Waals surface area contributed by atoms with Gasteiger partial charge in [0, 0.05) is 12.8 Å². The summed E-state index contributed by atoms with van der Waals surface area (Å²) in [5, 5.41) is 9.63. The fraction of sp³-hybridized carbons (Fsp3) is 0.694. The van der Waals surface area contributed by atoms with Gasteiger partial charge in [-0.2, -0.15) is 0 Å². The summed E-state index contributed by atoms with van der Waals surface area (Å²) >= 11 is 0. The number of hydrogen-bond acceptors (Lipinski definition) is 7.